The van der Waals surface area contributed by atoms with Crippen LogP contribution in [0, 0.1) is 6.92 Å². The highest BCUT2D eigenvalue weighted by Gasteiger charge is 2.32. The minimum atomic E-state index is -4.52. The van der Waals surface area contributed by atoms with Crippen LogP contribution in [0.4, 0.5) is 24.5 Å². The van der Waals surface area contributed by atoms with Crippen LogP contribution in [0.15, 0.2) is 34.8 Å². The number of amides is 1. The maximum atomic E-state index is 13.3. The van der Waals surface area contributed by atoms with Crippen LogP contribution in [0.2, 0.25) is 0 Å². The first-order chi connectivity index (χ1) is 15.1. The Hall–Kier alpha value is -2.37. The molecule has 0 saturated carbocycles. The van der Waals surface area contributed by atoms with Crippen molar-refractivity contribution in [2.24, 2.45) is 0 Å². The van der Waals surface area contributed by atoms with Crippen LogP contribution in [-0.4, -0.2) is 44.4 Å². The molecule has 0 spiro atoms. The number of hydrogen-bond donors (Lipinski definition) is 2. The SMILES string of the molecule is COc1c(C)cc(Br)cc1C(=O)NC(=S)Nc1cc(C(F)(F)F)ccc1N1CCOCC1. The molecule has 0 aliphatic carbocycles. The number of morpholine rings is 1. The summed E-state index contributed by atoms with van der Waals surface area (Å²) >= 11 is 8.57. The number of ether oxygens (including phenoxy) is 2. The summed E-state index contributed by atoms with van der Waals surface area (Å²) in [6.45, 7) is 3.75. The minimum absolute atomic E-state index is 0.136. The second-order valence-electron chi connectivity index (χ2n) is 7.04. The lowest BCUT2D eigenvalue weighted by atomic mass is 10.1. The van der Waals surface area contributed by atoms with E-state index >= 15 is 0 Å². The molecule has 2 aromatic carbocycles. The summed E-state index contributed by atoms with van der Waals surface area (Å²) in [7, 11) is 1.45. The molecular formula is C21H21BrF3N3O3S. The van der Waals surface area contributed by atoms with Crippen LogP contribution in [0.3, 0.4) is 0 Å². The number of hydrogen-bond acceptors (Lipinski definition) is 5. The third-order valence-electron chi connectivity index (χ3n) is 4.84. The highest BCUT2D eigenvalue weighted by atomic mass is 79.9. The largest absolute Gasteiger partial charge is 0.496 e. The summed E-state index contributed by atoms with van der Waals surface area (Å²) < 4.78 is 51.2. The maximum absolute atomic E-state index is 13.3. The van der Waals surface area contributed by atoms with Gasteiger partial charge in [-0.05, 0) is 55.0 Å². The quantitative estimate of drug-likeness (QED) is 0.555. The van der Waals surface area contributed by atoms with E-state index in [1.54, 1.807) is 19.1 Å². The summed E-state index contributed by atoms with van der Waals surface area (Å²) in [5.74, 6) is -0.176. The van der Waals surface area contributed by atoms with Gasteiger partial charge in [0.15, 0.2) is 5.11 Å². The van der Waals surface area contributed by atoms with E-state index in [2.05, 4.69) is 26.6 Å². The Morgan fingerprint density at radius 3 is 2.53 bits per heavy atom. The zero-order chi connectivity index (χ0) is 23.5. The van der Waals surface area contributed by atoms with Gasteiger partial charge in [-0.1, -0.05) is 15.9 Å². The van der Waals surface area contributed by atoms with Gasteiger partial charge in [-0.25, -0.2) is 0 Å². The summed E-state index contributed by atoms with van der Waals surface area (Å²) in [5.41, 5.74) is 0.827. The van der Waals surface area contributed by atoms with E-state index < -0.39 is 17.6 Å². The second-order valence-corrected chi connectivity index (χ2v) is 8.36. The van der Waals surface area contributed by atoms with E-state index in [1.807, 2.05) is 4.90 Å². The summed E-state index contributed by atoms with van der Waals surface area (Å²) in [4.78, 5) is 14.7. The first-order valence-electron chi connectivity index (χ1n) is 9.60. The Morgan fingerprint density at radius 2 is 1.91 bits per heavy atom. The number of halogens is 4. The molecular weight excluding hydrogens is 511 g/mol. The smallest absolute Gasteiger partial charge is 0.416 e. The molecule has 2 N–H and O–H groups in total. The molecule has 0 aromatic heterocycles. The lowest BCUT2D eigenvalue weighted by Gasteiger charge is -2.31. The molecule has 172 valence electrons. The number of methoxy groups -OCH3 is 1. The van der Waals surface area contributed by atoms with Crippen LogP contribution in [-0.2, 0) is 10.9 Å². The van der Waals surface area contributed by atoms with Gasteiger partial charge in [0.25, 0.3) is 5.91 Å². The van der Waals surface area contributed by atoms with Crippen molar-refractivity contribution in [2.45, 2.75) is 13.1 Å². The number of alkyl halides is 3. The van der Waals surface area contributed by atoms with Gasteiger partial charge in [0.05, 0.1) is 42.8 Å². The molecule has 1 saturated heterocycles. The monoisotopic (exact) mass is 531 g/mol. The number of nitrogens with one attached hydrogen (secondary N) is 2. The van der Waals surface area contributed by atoms with Crippen LogP contribution < -0.4 is 20.3 Å². The fourth-order valence-corrected chi connectivity index (χ4v) is 4.16. The molecule has 0 unspecified atom stereocenters. The van der Waals surface area contributed by atoms with E-state index in [0.717, 1.165) is 17.7 Å². The average molecular weight is 532 g/mol. The van der Waals surface area contributed by atoms with Gasteiger partial charge >= 0.3 is 6.18 Å². The van der Waals surface area contributed by atoms with Crippen LogP contribution in [0.25, 0.3) is 0 Å². The van der Waals surface area contributed by atoms with Crippen LogP contribution in [0.5, 0.6) is 5.75 Å². The van der Waals surface area contributed by atoms with Crippen molar-refractivity contribution in [1.82, 2.24) is 5.32 Å². The fraction of sp³-hybridized carbons (Fsp3) is 0.333. The van der Waals surface area contributed by atoms with Gasteiger partial charge in [0, 0.05) is 17.6 Å². The van der Waals surface area contributed by atoms with Crippen molar-refractivity contribution in [3.8, 4) is 5.75 Å². The normalized spacial score (nSPS) is 14.1. The number of anilines is 2. The van der Waals surface area contributed by atoms with Crippen molar-refractivity contribution >= 4 is 50.5 Å². The Bertz CT molecular complexity index is 1030. The van der Waals surface area contributed by atoms with E-state index in [4.69, 9.17) is 21.7 Å². The summed E-state index contributed by atoms with van der Waals surface area (Å²) in [6.07, 6.45) is -4.52. The van der Waals surface area contributed by atoms with Crippen LogP contribution in [0.1, 0.15) is 21.5 Å². The number of thiocarbonyl (C=S) groups is 1. The second kappa shape index (κ2) is 10.1. The van der Waals surface area contributed by atoms with Crippen molar-refractivity contribution in [3.63, 3.8) is 0 Å². The molecule has 1 fully saturated rings. The molecule has 1 aliphatic rings. The van der Waals surface area contributed by atoms with Gasteiger partial charge < -0.3 is 19.7 Å². The first kappa shape index (κ1) is 24.3. The summed E-state index contributed by atoms with van der Waals surface area (Å²) in [6, 6.07) is 6.76. The Labute approximate surface area is 197 Å². The zero-order valence-electron chi connectivity index (χ0n) is 17.3. The molecule has 1 amide bonds. The van der Waals surface area contributed by atoms with E-state index in [0.29, 0.717) is 42.2 Å². The highest BCUT2D eigenvalue weighted by molar-refractivity contribution is 9.10. The van der Waals surface area contributed by atoms with Crippen molar-refractivity contribution in [1.29, 1.82) is 0 Å². The van der Waals surface area contributed by atoms with Gasteiger partial charge in [0.2, 0.25) is 0 Å². The first-order valence-corrected chi connectivity index (χ1v) is 10.8. The Balaban J connectivity index is 1.85. The lowest BCUT2D eigenvalue weighted by molar-refractivity contribution is -0.137. The predicted octanol–water partition coefficient (Wildman–Crippen LogP) is 4.75. The standard InChI is InChI=1S/C21H21BrF3N3O3S/c1-12-9-14(22)11-15(18(12)30-2)19(29)27-20(32)26-16-10-13(21(23,24)25)3-4-17(16)28-5-7-31-8-6-28/h3-4,9-11H,5-8H2,1-2H3,(H2,26,27,29,32). The van der Waals surface area contributed by atoms with E-state index in [1.165, 1.54) is 13.2 Å². The van der Waals surface area contributed by atoms with Crippen molar-refractivity contribution in [3.05, 3.63) is 51.5 Å². The maximum Gasteiger partial charge on any atom is 0.416 e. The van der Waals surface area contributed by atoms with E-state index in [9.17, 15) is 18.0 Å². The molecule has 0 bridgehead atoms. The van der Waals surface area contributed by atoms with Crippen molar-refractivity contribution in [2.75, 3.05) is 43.6 Å². The third kappa shape index (κ3) is 5.70. The lowest BCUT2D eigenvalue weighted by Crippen LogP contribution is -2.38. The van der Waals surface area contributed by atoms with Gasteiger partial charge in [-0.15, -0.1) is 0 Å². The molecule has 3 rings (SSSR count). The molecule has 1 aliphatic heterocycles. The molecule has 2 aromatic rings. The average Bonchev–Trinajstić information content (AvgIpc) is 2.73. The van der Waals surface area contributed by atoms with Crippen molar-refractivity contribution < 1.29 is 27.4 Å². The number of carbonyl (C=O) groups is 1. The fourth-order valence-electron chi connectivity index (χ4n) is 3.39. The number of nitrogens with zero attached hydrogens (tertiary/aromatic N) is 1. The third-order valence-corrected chi connectivity index (χ3v) is 5.50. The minimum Gasteiger partial charge on any atom is -0.496 e. The molecule has 6 nitrogen and oxygen atoms in total. The number of benzene rings is 2. The van der Waals surface area contributed by atoms with Gasteiger partial charge in [-0.3, -0.25) is 10.1 Å². The number of rotatable bonds is 4. The molecule has 1 heterocycles. The molecule has 0 radical (unpaired) electrons. The number of aryl methyl sites for hydroxylation is 1. The Morgan fingerprint density at radius 1 is 1.22 bits per heavy atom. The summed E-state index contributed by atoms with van der Waals surface area (Å²) in [5, 5.41) is 5.13. The predicted molar refractivity (Wildman–Crippen MR) is 124 cm³/mol. The highest BCUT2D eigenvalue weighted by Crippen LogP contribution is 2.36. The Kier molecular flexibility index (Phi) is 7.63. The topological polar surface area (TPSA) is 62.8 Å². The molecule has 11 heteroatoms. The van der Waals surface area contributed by atoms with Gasteiger partial charge in [0.1, 0.15) is 5.75 Å². The van der Waals surface area contributed by atoms with Gasteiger partial charge in [-0.2, -0.15) is 13.2 Å². The van der Waals surface area contributed by atoms with Crippen LogP contribution >= 0.6 is 28.1 Å². The zero-order valence-corrected chi connectivity index (χ0v) is 19.7. The molecule has 32 heavy (non-hydrogen) atoms. The number of carbonyl (C=O) groups excluding carboxylic acids is 1. The van der Waals surface area contributed by atoms with E-state index in [-0.39, 0.29) is 16.4 Å². The molecule has 0 atom stereocenters.